The van der Waals surface area contributed by atoms with Crippen LogP contribution in [0.4, 0.5) is 5.82 Å². The Morgan fingerprint density at radius 2 is 2.08 bits per heavy atom. The number of fused-ring (bicyclic) bond motifs is 1. The van der Waals surface area contributed by atoms with Gasteiger partial charge in [0.25, 0.3) is 0 Å². The Morgan fingerprint density at radius 1 is 1.15 bits per heavy atom. The third kappa shape index (κ3) is 3.57. The Morgan fingerprint density at radius 3 is 2.88 bits per heavy atom. The highest BCUT2D eigenvalue weighted by molar-refractivity contribution is 5.61. The van der Waals surface area contributed by atoms with E-state index in [1.165, 1.54) is 11.1 Å². The molecule has 1 atom stereocenters. The van der Waals surface area contributed by atoms with Gasteiger partial charge in [0.05, 0.1) is 25.3 Å². The molecule has 2 heterocycles. The van der Waals surface area contributed by atoms with Crippen LogP contribution in [0, 0.1) is 6.92 Å². The van der Waals surface area contributed by atoms with Gasteiger partial charge in [0.1, 0.15) is 17.4 Å². The lowest BCUT2D eigenvalue weighted by Crippen LogP contribution is -2.22. The fourth-order valence-corrected chi connectivity index (χ4v) is 3.60. The van der Waals surface area contributed by atoms with Crippen LogP contribution >= 0.6 is 0 Å². The van der Waals surface area contributed by atoms with Gasteiger partial charge in [-0.3, -0.25) is 0 Å². The first-order valence-corrected chi connectivity index (χ1v) is 9.02. The van der Waals surface area contributed by atoms with Gasteiger partial charge in [-0.05, 0) is 61.9 Å². The molecule has 0 fully saturated rings. The summed E-state index contributed by atoms with van der Waals surface area (Å²) in [7, 11) is 1.72. The first kappa shape index (κ1) is 16.6. The molecule has 0 amide bonds. The summed E-state index contributed by atoms with van der Waals surface area (Å²) in [4.78, 5) is 9.10. The van der Waals surface area contributed by atoms with E-state index in [0.717, 1.165) is 54.3 Å². The number of hydrogen-bond donors (Lipinski definition) is 1. The number of nitrogens with one attached hydrogen (secondary N) is 1. The molecule has 0 spiro atoms. The zero-order chi connectivity index (χ0) is 17.9. The van der Waals surface area contributed by atoms with Crippen LogP contribution in [0.1, 0.15) is 29.8 Å². The van der Waals surface area contributed by atoms with Crippen molar-refractivity contribution in [3.63, 3.8) is 0 Å². The second kappa shape index (κ2) is 7.20. The maximum atomic E-state index is 5.37. The number of aryl methyl sites for hydroxylation is 2. The van der Waals surface area contributed by atoms with Gasteiger partial charge in [0, 0.05) is 17.7 Å². The first-order valence-electron chi connectivity index (χ1n) is 9.02. The van der Waals surface area contributed by atoms with Gasteiger partial charge in [-0.2, -0.15) is 0 Å². The van der Waals surface area contributed by atoms with Crippen molar-refractivity contribution in [2.45, 2.75) is 38.6 Å². The minimum atomic E-state index is 0.358. The lowest BCUT2D eigenvalue weighted by molar-refractivity contribution is 0.414. The third-order valence-corrected chi connectivity index (χ3v) is 4.89. The van der Waals surface area contributed by atoms with E-state index in [1.54, 1.807) is 19.6 Å². The van der Waals surface area contributed by atoms with Crippen molar-refractivity contribution in [2.75, 3.05) is 12.4 Å². The van der Waals surface area contributed by atoms with Gasteiger partial charge in [-0.1, -0.05) is 6.07 Å². The third-order valence-electron chi connectivity index (χ3n) is 4.89. The molecule has 5 heteroatoms. The molecule has 0 bridgehead atoms. The molecule has 0 saturated carbocycles. The molecule has 0 saturated heterocycles. The van der Waals surface area contributed by atoms with Crippen molar-refractivity contribution < 1.29 is 9.15 Å². The molecule has 1 aliphatic rings. The van der Waals surface area contributed by atoms with E-state index in [0.29, 0.717) is 6.04 Å². The molecule has 3 aromatic rings. The highest BCUT2D eigenvalue weighted by atomic mass is 16.5. The van der Waals surface area contributed by atoms with Gasteiger partial charge in [0.2, 0.25) is 0 Å². The summed E-state index contributed by atoms with van der Waals surface area (Å²) in [5.74, 6) is 2.56. The minimum absolute atomic E-state index is 0.358. The van der Waals surface area contributed by atoms with Gasteiger partial charge in [-0.25, -0.2) is 9.97 Å². The predicted octanol–water partition coefficient (Wildman–Crippen LogP) is 4.41. The highest BCUT2D eigenvalue weighted by Crippen LogP contribution is 2.27. The maximum Gasteiger partial charge on any atom is 0.130 e. The van der Waals surface area contributed by atoms with E-state index in [2.05, 4.69) is 27.4 Å². The Kier molecular flexibility index (Phi) is 4.61. The van der Waals surface area contributed by atoms with Crippen molar-refractivity contribution in [1.29, 1.82) is 0 Å². The standard InChI is InChI=1S/C21H23N3O2/c1-14-22-20(17-8-9-26-13-17)12-21(23-14)24-18-5-3-4-15-11-19(25-2)7-6-16(15)10-18/h6-9,11-13,18H,3-5,10H2,1-2H3,(H,22,23,24). The molecule has 0 radical (unpaired) electrons. The average molecular weight is 349 g/mol. The highest BCUT2D eigenvalue weighted by Gasteiger charge is 2.18. The van der Waals surface area contributed by atoms with Crippen molar-refractivity contribution in [1.82, 2.24) is 9.97 Å². The van der Waals surface area contributed by atoms with Crippen LogP contribution in [-0.4, -0.2) is 23.1 Å². The number of rotatable bonds is 4. The van der Waals surface area contributed by atoms with E-state index in [9.17, 15) is 0 Å². The van der Waals surface area contributed by atoms with E-state index >= 15 is 0 Å². The van der Waals surface area contributed by atoms with Crippen LogP contribution < -0.4 is 10.1 Å². The van der Waals surface area contributed by atoms with Crippen LogP contribution in [0.15, 0.2) is 47.3 Å². The number of methoxy groups -OCH3 is 1. The Bertz CT molecular complexity index is 890. The van der Waals surface area contributed by atoms with E-state index < -0.39 is 0 Å². The quantitative estimate of drug-likeness (QED) is 0.707. The van der Waals surface area contributed by atoms with Gasteiger partial charge in [-0.15, -0.1) is 0 Å². The van der Waals surface area contributed by atoms with Crippen LogP contribution in [0.2, 0.25) is 0 Å². The second-order valence-corrected chi connectivity index (χ2v) is 6.77. The number of nitrogens with zero attached hydrogens (tertiary/aromatic N) is 2. The first-order chi connectivity index (χ1) is 12.7. The molecule has 1 unspecified atom stereocenters. The van der Waals surface area contributed by atoms with E-state index in [-0.39, 0.29) is 0 Å². The summed E-state index contributed by atoms with van der Waals surface area (Å²) >= 11 is 0. The van der Waals surface area contributed by atoms with Crippen LogP contribution in [0.5, 0.6) is 5.75 Å². The Labute approximate surface area is 153 Å². The summed E-state index contributed by atoms with van der Waals surface area (Å²) in [6.07, 6.45) is 7.71. The monoisotopic (exact) mass is 349 g/mol. The largest absolute Gasteiger partial charge is 0.497 e. The summed E-state index contributed by atoms with van der Waals surface area (Å²) in [5, 5.41) is 3.62. The van der Waals surface area contributed by atoms with Gasteiger partial charge < -0.3 is 14.5 Å². The summed E-state index contributed by atoms with van der Waals surface area (Å²) in [6.45, 7) is 1.92. The molecular weight excluding hydrogens is 326 g/mol. The number of furan rings is 1. The number of aromatic nitrogens is 2. The molecule has 1 N–H and O–H groups in total. The number of hydrogen-bond acceptors (Lipinski definition) is 5. The summed E-state index contributed by atoms with van der Waals surface area (Å²) < 4.78 is 10.5. The van der Waals surface area contributed by atoms with Crippen molar-refractivity contribution >= 4 is 5.82 Å². The predicted molar refractivity (Wildman–Crippen MR) is 102 cm³/mol. The zero-order valence-electron chi connectivity index (χ0n) is 15.2. The maximum absolute atomic E-state index is 5.37. The number of benzene rings is 1. The van der Waals surface area contributed by atoms with Crippen LogP contribution in [0.3, 0.4) is 0 Å². The molecule has 26 heavy (non-hydrogen) atoms. The molecule has 1 aliphatic carbocycles. The smallest absolute Gasteiger partial charge is 0.130 e. The fraction of sp³-hybridized carbons (Fsp3) is 0.333. The topological polar surface area (TPSA) is 60.2 Å². The molecule has 5 nitrogen and oxygen atoms in total. The average Bonchev–Trinajstić information content (AvgIpc) is 3.10. The van der Waals surface area contributed by atoms with Crippen LogP contribution in [0.25, 0.3) is 11.3 Å². The number of ether oxygens (including phenoxy) is 1. The fourth-order valence-electron chi connectivity index (χ4n) is 3.60. The Hall–Kier alpha value is -2.82. The van der Waals surface area contributed by atoms with Crippen molar-refractivity contribution in [3.8, 4) is 17.0 Å². The van der Waals surface area contributed by atoms with Crippen LogP contribution in [-0.2, 0) is 12.8 Å². The summed E-state index contributed by atoms with van der Waals surface area (Å²) in [6, 6.07) is 10.7. The Balaban J connectivity index is 1.55. The molecular formula is C21H23N3O2. The van der Waals surface area contributed by atoms with E-state index in [1.807, 2.05) is 25.1 Å². The zero-order valence-corrected chi connectivity index (χ0v) is 15.2. The number of anilines is 1. The van der Waals surface area contributed by atoms with Crippen molar-refractivity contribution in [2.24, 2.45) is 0 Å². The van der Waals surface area contributed by atoms with Gasteiger partial charge in [0.15, 0.2) is 0 Å². The molecule has 2 aromatic heterocycles. The second-order valence-electron chi connectivity index (χ2n) is 6.77. The summed E-state index contributed by atoms with van der Waals surface area (Å²) in [5.41, 5.74) is 4.64. The SMILES string of the molecule is COc1ccc2c(c1)CCCC(Nc1cc(-c3ccoc3)nc(C)n1)C2. The van der Waals surface area contributed by atoms with Gasteiger partial charge >= 0.3 is 0 Å². The molecule has 134 valence electrons. The molecule has 4 rings (SSSR count). The molecule has 0 aliphatic heterocycles. The van der Waals surface area contributed by atoms with E-state index in [4.69, 9.17) is 9.15 Å². The minimum Gasteiger partial charge on any atom is -0.497 e. The van der Waals surface area contributed by atoms with Crippen molar-refractivity contribution in [3.05, 3.63) is 59.8 Å². The molecule has 1 aromatic carbocycles. The normalized spacial score (nSPS) is 16.6. The lowest BCUT2D eigenvalue weighted by Gasteiger charge is -2.18. The lowest BCUT2D eigenvalue weighted by atomic mass is 10.0.